The molecule has 112 valence electrons. The smallest absolute Gasteiger partial charge is 0.224 e. The van der Waals surface area contributed by atoms with Crippen molar-refractivity contribution in [2.45, 2.75) is 84.2 Å². The number of amides is 1. The van der Waals surface area contributed by atoms with E-state index in [-0.39, 0.29) is 11.4 Å². The molecule has 1 rings (SSSR count). The topological polar surface area (TPSA) is 46.3 Å². The molecule has 1 aliphatic rings. The SMILES string of the molecule is CCC(CC)N(CC(C)C)C(=O)CC1(N)CCCC1. The van der Waals surface area contributed by atoms with Gasteiger partial charge in [-0.25, -0.2) is 0 Å². The van der Waals surface area contributed by atoms with Crippen LogP contribution in [0.15, 0.2) is 0 Å². The van der Waals surface area contributed by atoms with Gasteiger partial charge in [-0.15, -0.1) is 0 Å². The molecule has 0 bridgehead atoms. The number of rotatable bonds is 7. The Labute approximate surface area is 118 Å². The van der Waals surface area contributed by atoms with Crippen molar-refractivity contribution in [3.63, 3.8) is 0 Å². The van der Waals surface area contributed by atoms with E-state index in [0.717, 1.165) is 32.2 Å². The van der Waals surface area contributed by atoms with E-state index in [9.17, 15) is 4.79 Å². The van der Waals surface area contributed by atoms with Crippen molar-refractivity contribution in [2.75, 3.05) is 6.54 Å². The monoisotopic (exact) mass is 268 g/mol. The van der Waals surface area contributed by atoms with Crippen LogP contribution in [0.5, 0.6) is 0 Å². The van der Waals surface area contributed by atoms with Crippen molar-refractivity contribution in [1.82, 2.24) is 4.90 Å². The summed E-state index contributed by atoms with van der Waals surface area (Å²) in [5.74, 6) is 0.786. The van der Waals surface area contributed by atoms with Crippen molar-refractivity contribution in [3.8, 4) is 0 Å². The minimum atomic E-state index is -0.224. The molecule has 1 fully saturated rings. The molecular formula is C16H32N2O. The fourth-order valence-corrected chi connectivity index (χ4v) is 3.24. The fourth-order valence-electron chi connectivity index (χ4n) is 3.24. The van der Waals surface area contributed by atoms with Gasteiger partial charge in [0, 0.05) is 24.5 Å². The second-order valence-electron chi connectivity index (χ2n) is 6.66. The maximum Gasteiger partial charge on any atom is 0.224 e. The second-order valence-corrected chi connectivity index (χ2v) is 6.66. The molecule has 0 radical (unpaired) electrons. The van der Waals surface area contributed by atoms with E-state index in [4.69, 9.17) is 5.73 Å². The van der Waals surface area contributed by atoms with Gasteiger partial charge in [0.05, 0.1) is 0 Å². The van der Waals surface area contributed by atoms with E-state index in [1.807, 2.05) is 0 Å². The molecule has 1 amide bonds. The third-order valence-corrected chi connectivity index (χ3v) is 4.37. The average molecular weight is 268 g/mol. The first-order valence-corrected chi connectivity index (χ1v) is 8.00. The highest BCUT2D eigenvalue weighted by Gasteiger charge is 2.34. The van der Waals surface area contributed by atoms with Gasteiger partial charge in [0.15, 0.2) is 0 Å². The van der Waals surface area contributed by atoms with Crippen LogP contribution in [-0.4, -0.2) is 28.9 Å². The number of nitrogens with two attached hydrogens (primary N) is 1. The first kappa shape index (κ1) is 16.5. The molecule has 3 heteroatoms. The maximum atomic E-state index is 12.6. The van der Waals surface area contributed by atoms with E-state index in [1.54, 1.807) is 0 Å². The van der Waals surface area contributed by atoms with Crippen molar-refractivity contribution in [1.29, 1.82) is 0 Å². The van der Waals surface area contributed by atoms with Crippen LogP contribution in [-0.2, 0) is 4.79 Å². The molecule has 0 saturated heterocycles. The lowest BCUT2D eigenvalue weighted by Crippen LogP contribution is -2.48. The quantitative estimate of drug-likeness (QED) is 0.770. The maximum absolute atomic E-state index is 12.6. The Kier molecular flexibility index (Phi) is 6.31. The van der Waals surface area contributed by atoms with Gasteiger partial charge < -0.3 is 10.6 Å². The van der Waals surface area contributed by atoms with Gasteiger partial charge in [-0.3, -0.25) is 4.79 Å². The molecule has 0 aliphatic heterocycles. The third kappa shape index (κ3) is 4.79. The first-order valence-electron chi connectivity index (χ1n) is 8.00. The summed E-state index contributed by atoms with van der Waals surface area (Å²) >= 11 is 0. The van der Waals surface area contributed by atoms with Gasteiger partial charge in [-0.2, -0.15) is 0 Å². The molecule has 0 aromatic heterocycles. The molecule has 0 atom stereocenters. The fraction of sp³-hybridized carbons (Fsp3) is 0.938. The Balaban J connectivity index is 2.70. The molecule has 0 unspecified atom stereocenters. The highest BCUT2D eigenvalue weighted by molar-refractivity contribution is 5.78. The number of nitrogens with zero attached hydrogens (tertiary/aromatic N) is 1. The predicted molar refractivity (Wildman–Crippen MR) is 80.9 cm³/mol. The summed E-state index contributed by atoms with van der Waals surface area (Å²) in [4.78, 5) is 14.7. The summed E-state index contributed by atoms with van der Waals surface area (Å²) in [6.45, 7) is 9.55. The van der Waals surface area contributed by atoms with E-state index in [1.165, 1.54) is 12.8 Å². The van der Waals surface area contributed by atoms with E-state index in [0.29, 0.717) is 18.4 Å². The van der Waals surface area contributed by atoms with E-state index in [2.05, 4.69) is 32.6 Å². The Morgan fingerprint density at radius 3 is 2.16 bits per heavy atom. The Morgan fingerprint density at radius 1 is 1.21 bits per heavy atom. The Morgan fingerprint density at radius 2 is 1.74 bits per heavy atom. The van der Waals surface area contributed by atoms with Crippen molar-refractivity contribution < 1.29 is 4.79 Å². The number of hydrogen-bond donors (Lipinski definition) is 1. The molecule has 19 heavy (non-hydrogen) atoms. The predicted octanol–water partition coefficient (Wildman–Crippen LogP) is 3.32. The van der Waals surface area contributed by atoms with Crippen molar-refractivity contribution in [2.24, 2.45) is 11.7 Å². The zero-order chi connectivity index (χ0) is 14.5. The molecule has 0 heterocycles. The molecule has 0 aromatic carbocycles. The minimum Gasteiger partial charge on any atom is -0.339 e. The standard InChI is InChI=1S/C16H32N2O/c1-5-14(6-2)18(12-13(3)4)15(19)11-16(17)9-7-8-10-16/h13-14H,5-12,17H2,1-4H3. The zero-order valence-corrected chi connectivity index (χ0v) is 13.2. The van der Waals surface area contributed by atoms with Gasteiger partial charge in [-0.05, 0) is 31.6 Å². The Bertz CT molecular complexity index is 278. The third-order valence-electron chi connectivity index (χ3n) is 4.37. The number of hydrogen-bond acceptors (Lipinski definition) is 2. The lowest BCUT2D eigenvalue weighted by atomic mass is 9.93. The van der Waals surface area contributed by atoms with Crippen LogP contribution < -0.4 is 5.73 Å². The van der Waals surface area contributed by atoms with Gasteiger partial charge in [0.1, 0.15) is 0 Å². The van der Waals surface area contributed by atoms with Crippen LogP contribution >= 0.6 is 0 Å². The van der Waals surface area contributed by atoms with Crippen LogP contribution in [0.3, 0.4) is 0 Å². The molecule has 0 spiro atoms. The number of carbonyl (C=O) groups is 1. The van der Waals surface area contributed by atoms with Crippen molar-refractivity contribution in [3.05, 3.63) is 0 Å². The van der Waals surface area contributed by atoms with Gasteiger partial charge >= 0.3 is 0 Å². The lowest BCUT2D eigenvalue weighted by molar-refractivity contribution is -0.135. The van der Waals surface area contributed by atoms with Crippen LogP contribution in [0.2, 0.25) is 0 Å². The summed E-state index contributed by atoms with van der Waals surface area (Å²) in [5, 5.41) is 0. The van der Waals surface area contributed by atoms with Crippen LogP contribution in [0.1, 0.15) is 72.6 Å². The molecule has 1 saturated carbocycles. The van der Waals surface area contributed by atoms with Crippen molar-refractivity contribution >= 4 is 5.91 Å². The van der Waals surface area contributed by atoms with Gasteiger partial charge in [-0.1, -0.05) is 40.5 Å². The Hall–Kier alpha value is -0.570. The average Bonchev–Trinajstić information content (AvgIpc) is 2.75. The molecular weight excluding hydrogens is 236 g/mol. The van der Waals surface area contributed by atoms with Gasteiger partial charge in [0.2, 0.25) is 5.91 Å². The van der Waals surface area contributed by atoms with Crippen LogP contribution in [0.25, 0.3) is 0 Å². The first-order chi connectivity index (χ1) is 8.91. The van der Waals surface area contributed by atoms with Gasteiger partial charge in [0.25, 0.3) is 0 Å². The van der Waals surface area contributed by atoms with E-state index < -0.39 is 0 Å². The summed E-state index contributed by atoms with van der Waals surface area (Å²) in [6, 6.07) is 0.375. The van der Waals surface area contributed by atoms with Crippen LogP contribution in [0, 0.1) is 5.92 Å². The van der Waals surface area contributed by atoms with Crippen LogP contribution in [0.4, 0.5) is 0 Å². The second kappa shape index (κ2) is 7.28. The summed E-state index contributed by atoms with van der Waals surface area (Å²) < 4.78 is 0. The molecule has 0 aromatic rings. The highest BCUT2D eigenvalue weighted by atomic mass is 16.2. The number of carbonyl (C=O) groups excluding carboxylic acids is 1. The largest absolute Gasteiger partial charge is 0.339 e. The molecule has 3 nitrogen and oxygen atoms in total. The summed E-state index contributed by atoms with van der Waals surface area (Å²) in [6.07, 6.45) is 6.99. The van der Waals surface area contributed by atoms with E-state index >= 15 is 0 Å². The normalized spacial score (nSPS) is 18.3. The zero-order valence-electron chi connectivity index (χ0n) is 13.2. The molecule has 1 aliphatic carbocycles. The lowest BCUT2D eigenvalue weighted by Gasteiger charge is -2.35. The summed E-state index contributed by atoms with van der Waals surface area (Å²) in [7, 11) is 0. The minimum absolute atomic E-state index is 0.224. The highest BCUT2D eigenvalue weighted by Crippen LogP contribution is 2.31. The summed E-state index contributed by atoms with van der Waals surface area (Å²) in [5.41, 5.74) is 6.14. The molecule has 2 N–H and O–H groups in total.